The number of para-hydroxylation sites is 1. The smallest absolute Gasteiger partial charge is 0.247 e. The number of halogens is 1. The molecule has 5 rings (SSSR count). The molecule has 0 saturated heterocycles. The predicted molar refractivity (Wildman–Crippen MR) is 136 cm³/mol. The molecule has 0 bridgehead atoms. The number of benzene rings is 2. The minimum atomic E-state index is -1.03. The number of nitrogens with one attached hydrogen (secondary N) is 1. The van der Waals surface area contributed by atoms with Gasteiger partial charge in [0.05, 0.1) is 18.6 Å². The summed E-state index contributed by atoms with van der Waals surface area (Å²) in [6, 6.07) is 14.0. The Morgan fingerprint density at radius 1 is 1.08 bits per heavy atom. The van der Waals surface area contributed by atoms with E-state index in [9.17, 15) is 19.8 Å². The van der Waals surface area contributed by atoms with Crippen molar-refractivity contribution in [3.63, 3.8) is 0 Å². The molecule has 0 aromatic heterocycles. The van der Waals surface area contributed by atoms with E-state index in [1.807, 2.05) is 36.4 Å². The van der Waals surface area contributed by atoms with Crippen LogP contribution >= 0.6 is 11.6 Å². The third-order valence-electron chi connectivity index (χ3n) is 7.49. The summed E-state index contributed by atoms with van der Waals surface area (Å²) in [4.78, 5) is 28.8. The Bertz CT molecular complexity index is 1140. The first-order valence-corrected chi connectivity index (χ1v) is 12.9. The minimum Gasteiger partial charge on any atom is -0.486 e. The largest absolute Gasteiger partial charge is 0.486 e. The SMILES string of the molecule is O=C(NCCO)C1=CC(N(Cc2ccc(Cl)cc2)C(=O)C2CCCC2)C(O)C2Oc3ccccc3C12. The van der Waals surface area contributed by atoms with Crippen LogP contribution < -0.4 is 10.1 Å². The summed E-state index contributed by atoms with van der Waals surface area (Å²) in [6.07, 6.45) is 3.64. The summed E-state index contributed by atoms with van der Waals surface area (Å²) >= 11 is 6.08. The lowest BCUT2D eigenvalue weighted by Crippen LogP contribution is -2.56. The van der Waals surface area contributed by atoms with Gasteiger partial charge in [0.2, 0.25) is 11.8 Å². The molecule has 36 heavy (non-hydrogen) atoms. The fourth-order valence-electron chi connectivity index (χ4n) is 5.72. The van der Waals surface area contributed by atoms with Crippen LogP contribution in [0.3, 0.4) is 0 Å². The number of hydrogen-bond donors (Lipinski definition) is 3. The zero-order valence-electron chi connectivity index (χ0n) is 20.0. The highest BCUT2D eigenvalue weighted by Gasteiger charge is 2.50. The zero-order valence-corrected chi connectivity index (χ0v) is 20.7. The molecule has 2 aromatic rings. The molecule has 0 radical (unpaired) electrons. The van der Waals surface area contributed by atoms with Crippen LogP contribution in [0.25, 0.3) is 0 Å². The molecule has 2 aliphatic carbocycles. The molecule has 3 N–H and O–H groups in total. The molecular formula is C28H31ClN2O5. The number of carbonyl (C=O) groups excluding carboxylic acids is 2. The number of carbonyl (C=O) groups is 2. The summed E-state index contributed by atoms with van der Waals surface area (Å²) in [6.45, 7) is 0.203. The van der Waals surface area contributed by atoms with Gasteiger partial charge < -0.3 is 25.2 Å². The highest BCUT2D eigenvalue weighted by atomic mass is 35.5. The minimum absolute atomic E-state index is 0.0215. The molecule has 1 aliphatic heterocycles. The monoisotopic (exact) mass is 510 g/mol. The number of rotatable bonds is 7. The zero-order chi connectivity index (χ0) is 25.2. The van der Waals surface area contributed by atoms with E-state index in [1.165, 1.54) is 0 Å². The van der Waals surface area contributed by atoms with Gasteiger partial charge in [-0.2, -0.15) is 0 Å². The Kier molecular flexibility index (Phi) is 7.32. The summed E-state index contributed by atoms with van der Waals surface area (Å²) in [7, 11) is 0. The van der Waals surface area contributed by atoms with E-state index in [-0.39, 0.29) is 37.4 Å². The van der Waals surface area contributed by atoms with Crippen LogP contribution in [0.5, 0.6) is 5.75 Å². The van der Waals surface area contributed by atoms with Gasteiger partial charge in [0.15, 0.2) is 0 Å². The molecule has 1 fully saturated rings. The molecule has 1 saturated carbocycles. The van der Waals surface area contributed by atoms with Gasteiger partial charge in [-0.05, 0) is 42.7 Å². The second-order valence-electron chi connectivity index (χ2n) is 9.75. The maximum absolute atomic E-state index is 13.8. The topological polar surface area (TPSA) is 99.1 Å². The van der Waals surface area contributed by atoms with Crippen LogP contribution in [0.4, 0.5) is 0 Å². The van der Waals surface area contributed by atoms with Gasteiger partial charge >= 0.3 is 0 Å². The van der Waals surface area contributed by atoms with Gasteiger partial charge in [-0.25, -0.2) is 0 Å². The van der Waals surface area contributed by atoms with Crippen molar-refractivity contribution in [1.29, 1.82) is 0 Å². The standard InChI is InChI=1S/C28H31ClN2O5/c29-19-11-9-17(10-12-19)16-31(28(35)18-5-1-2-6-18)22-15-21(27(34)30-13-14-32)24-20-7-3-4-8-23(20)36-26(24)25(22)33/h3-4,7-12,15,18,22,24-26,32-33H,1-2,5-6,13-14,16H2,(H,30,34). The molecule has 4 unspecified atom stereocenters. The Morgan fingerprint density at radius 2 is 1.81 bits per heavy atom. The van der Waals surface area contributed by atoms with Gasteiger partial charge in [0.25, 0.3) is 0 Å². The van der Waals surface area contributed by atoms with Crippen LogP contribution in [-0.4, -0.2) is 58.3 Å². The Labute approximate surface area is 215 Å². The average molecular weight is 511 g/mol. The van der Waals surface area contributed by atoms with Gasteiger partial charge in [-0.1, -0.05) is 54.8 Å². The molecule has 190 valence electrons. The molecule has 3 aliphatic rings. The van der Waals surface area contributed by atoms with Crippen molar-refractivity contribution >= 4 is 23.4 Å². The van der Waals surface area contributed by atoms with Crippen molar-refractivity contribution in [2.75, 3.05) is 13.2 Å². The molecule has 2 amide bonds. The highest BCUT2D eigenvalue weighted by molar-refractivity contribution is 6.30. The number of ether oxygens (including phenoxy) is 1. The quantitative estimate of drug-likeness (QED) is 0.531. The third kappa shape index (κ3) is 4.75. The van der Waals surface area contributed by atoms with Crippen molar-refractivity contribution in [2.24, 2.45) is 5.92 Å². The second-order valence-corrected chi connectivity index (χ2v) is 10.2. The number of aliphatic hydroxyl groups excluding tert-OH is 2. The molecule has 1 heterocycles. The first-order valence-electron chi connectivity index (χ1n) is 12.6. The second kappa shape index (κ2) is 10.6. The van der Waals surface area contributed by atoms with E-state index >= 15 is 0 Å². The van der Waals surface area contributed by atoms with E-state index in [4.69, 9.17) is 16.3 Å². The molecule has 2 aromatic carbocycles. The van der Waals surface area contributed by atoms with Gasteiger partial charge in [0, 0.05) is 35.2 Å². The lowest BCUT2D eigenvalue weighted by molar-refractivity contribution is -0.142. The lowest BCUT2D eigenvalue weighted by Gasteiger charge is -2.41. The normalized spacial score (nSPS) is 24.9. The predicted octanol–water partition coefficient (Wildman–Crippen LogP) is 3.18. The van der Waals surface area contributed by atoms with Crippen LogP contribution in [0, 0.1) is 5.92 Å². The van der Waals surface area contributed by atoms with Gasteiger partial charge in [0.1, 0.15) is 18.0 Å². The number of amides is 2. The highest BCUT2D eigenvalue weighted by Crippen LogP contribution is 2.47. The van der Waals surface area contributed by atoms with E-state index in [0.29, 0.717) is 16.3 Å². The van der Waals surface area contributed by atoms with E-state index in [0.717, 1.165) is 36.8 Å². The molecule has 8 heteroatoms. The van der Waals surface area contributed by atoms with E-state index in [2.05, 4.69) is 5.32 Å². The molecule has 0 spiro atoms. The summed E-state index contributed by atoms with van der Waals surface area (Å²) in [5.74, 6) is -0.309. The van der Waals surface area contributed by atoms with Gasteiger partial charge in [-0.15, -0.1) is 0 Å². The first kappa shape index (κ1) is 24.8. The van der Waals surface area contributed by atoms with E-state index < -0.39 is 24.2 Å². The molecule has 7 nitrogen and oxygen atoms in total. The average Bonchev–Trinajstić information content (AvgIpc) is 3.56. The summed E-state index contributed by atoms with van der Waals surface area (Å²) < 4.78 is 6.18. The summed E-state index contributed by atoms with van der Waals surface area (Å²) in [5, 5.41) is 24.2. The fourth-order valence-corrected chi connectivity index (χ4v) is 5.84. The third-order valence-corrected chi connectivity index (χ3v) is 7.74. The Morgan fingerprint density at radius 3 is 2.53 bits per heavy atom. The maximum atomic E-state index is 13.8. The number of aliphatic hydroxyl groups is 2. The van der Waals surface area contributed by atoms with Crippen LogP contribution in [0.1, 0.15) is 42.7 Å². The Balaban J connectivity index is 1.55. The van der Waals surface area contributed by atoms with Crippen LogP contribution in [0.2, 0.25) is 5.02 Å². The molecular weight excluding hydrogens is 480 g/mol. The number of nitrogens with zero attached hydrogens (tertiary/aromatic N) is 1. The molecule has 4 atom stereocenters. The number of hydrogen-bond acceptors (Lipinski definition) is 5. The number of fused-ring (bicyclic) bond motifs is 3. The van der Waals surface area contributed by atoms with Crippen molar-refractivity contribution in [3.8, 4) is 5.75 Å². The van der Waals surface area contributed by atoms with Crippen molar-refractivity contribution < 1.29 is 24.5 Å². The van der Waals surface area contributed by atoms with Crippen molar-refractivity contribution in [1.82, 2.24) is 10.2 Å². The van der Waals surface area contributed by atoms with Crippen molar-refractivity contribution in [2.45, 2.75) is 56.4 Å². The van der Waals surface area contributed by atoms with Gasteiger partial charge in [-0.3, -0.25) is 9.59 Å². The van der Waals surface area contributed by atoms with Crippen LogP contribution in [-0.2, 0) is 16.1 Å². The lowest BCUT2D eigenvalue weighted by atomic mass is 9.77. The maximum Gasteiger partial charge on any atom is 0.247 e. The van der Waals surface area contributed by atoms with Crippen molar-refractivity contribution in [3.05, 3.63) is 76.3 Å². The first-order chi connectivity index (χ1) is 17.5. The van der Waals surface area contributed by atoms with Crippen LogP contribution in [0.15, 0.2) is 60.2 Å². The summed E-state index contributed by atoms with van der Waals surface area (Å²) in [5.41, 5.74) is 2.15. The fraction of sp³-hybridized carbons (Fsp3) is 0.429. The Hall–Kier alpha value is -2.87. The van der Waals surface area contributed by atoms with E-state index in [1.54, 1.807) is 23.1 Å².